The maximum absolute atomic E-state index is 2.40. The number of hydrogen-bond donors (Lipinski definition) is 0. The van der Waals surface area contributed by atoms with E-state index in [2.05, 4.69) is 13.8 Å². The fourth-order valence-electron chi connectivity index (χ4n) is 1.46. The van der Waals surface area contributed by atoms with Crippen LogP contribution in [0, 0.1) is 5.41 Å². The molecule has 0 aliphatic heterocycles. The summed E-state index contributed by atoms with van der Waals surface area (Å²) in [4.78, 5) is 0. The zero-order valence-electron chi connectivity index (χ0n) is 7.02. The molecule has 57 valence electrons. The van der Waals surface area contributed by atoms with Crippen LogP contribution in [0.2, 0.25) is 4.51 Å². The first kappa shape index (κ1) is 11.4. The Kier molecular flexibility index (Phi) is 4.99. The molecule has 0 heterocycles. The molecular formula is C8H16IZn. The first-order valence-corrected chi connectivity index (χ1v) is 5.64. The fourth-order valence-corrected chi connectivity index (χ4v) is 2.32. The SMILES string of the molecule is CC1(C)CC[CH]([Zn])CC1.I. The molecule has 0 radical (unpaired) electrons. The van der Waals surface area contributed by atoms with E-state index in [-0.39, 0.29) is 24.0 Å². The zero-order valence-corrected chi connectivity index (χ0v) is 12.3. The van der Waals surface area contributed by atoms with Gasteiger partial charge >= 0.3 is 67.8 Å². The molecule has 0 amide bonds. The maximum atomic E-state index is 2.40. The van der Waals surface area contributed by atoms with E-state index in [0.29, 0.717) is 5.41 Å². The van der Waals surface area contributed by atoms with E-state index in [0.717, 1.165) is 4.51 Å². The van der Waals surface area contributed by atoms with Crippen LogP contribution < -0.4 is 0 Å². The Balaban J connectivity index is 0.000000810. The maximum Gasteiger partial charge on any atom is -0.107 e. The van der Waals surface area contributed by atoms with Gasteiger partial charge in [-0.1, -0.05) is 0 Å². The van der Waals surface area contributed by atoms with Gasteiger partial charge < -0.3 is 0 Å². The van der Waals surface area contributed by atoms with E-state index < -0.39 is 0 Å². The third-order valence-electron chi connectivity index (χ3n) is 2.46. The van der Waals surface area contributed by atoms with Crippen molar-refractivity contribution in [2.75, 3.05) is 0 Å². The Morgan fingerprint density at radius 1 is 1.20 bits per heavy atom. The Labute approximate surface area is 91.2 Å². The molecule has 1 aliphatic rings. The first-order chi connectivity index (χ1) is 4.10. The molecule has 10 heavy (non-hydrogen) atoms. The molecule has 0 N–H and O–H groups in total. The second-order valence-electron chi connectivity index (χ2n) is 4.11. The van der Waals surface area contributed by atoms with Crippen molar-refractivity contribution < 1.29 is 18.3 Å². The molecule has 0 aromatic carbocycles. The summed E-state index contributed by atoms with van der Waals surface area (Å²) in [7, 11) is 0. The van der Waals surface area contributed by atoms with E-state index in [4.69, 9.17) is 0 Å². The van der Waals surface area contributed by atoms with Crippen LogP contribution in [0.15, 0.2) is 0 Å². The van der Waals surface area contributed by atoms with Crippen LogP contribution >= 0.6 is 24.0 Å². The molecule has 0 aromatic rings. The molecule has 1 rings (SSSR count). The molecule has 0 aromatic heterocycles. The monoisotopic (exact) mass is 303 g/mol. The van der Waals surface area contributed by atoms with Gasteiger partial charge in [0.2, 0.25) is 0 Å². The van der Waals surface area contributed by atoms with Crippen molar-refractivity contribution in [3.05, 3.63) is 0 Å². The molecule has 1 aliphatic carbocycles. The van der Waals surface area contributed by atoms with Crippen LogP contribution in [0.5, 0.6) is 0 Å². The van der Waals surface area contributed by atoms with Gasteiger partial charge in [-0.05, 0) is 0 Å². The van der Waals surface area contributed by atoms with Crippen molar-refractivity contribution in [1.82, 2.24) is 0 Å². The van der Waals surface area contributed by atoms with E-state index >= 15 is 0 Å². The standard InChI is InChI=1S/C8H15.HI.Zn/c1-8(2)6-4-3-5-7-8;;/h3H,4-7H2,1-2H3;1H;. The van der Waals surface area contributed by atoms with Crippen molar-refractivity contribution in [2.45, 2.75) is 44.0 Å². The minimum atomic E-state index is 0. The van der Waals surface area contributed by atoms with Gasteiger partial charge in [0.25, 0.3) is 0 Å². The predicted molar refractivity (Wildman–Crippen MR) is 51.4 cm³/mol. The number of hydrogen-bond acceptors (Lipinski definition) is 0. The van der Waals surface area contributed by atoms with Crippen molar-refractivity contribution >= 4 is 24.0 Å². The van der Waals surface area contributed by atoms with Gasteiger partial charge in [0.15, 0.2) is 0 Å². The van der Waals surface area contributed by atoms with E-state index in [1.54, 1.807) is 0 Å². The average molecular weight is 305 g/mol. The Morgan fingerprint density at radius 3 is 1.90 bits per heavy atom. The summed E-state index contributed by atoms with van der Waals surface area (Å²) in [6, 6.07) is 0. The van der Waals surface area contributed by atoms with Crippen LogP contribution in [0.3, 0.4) is 0 Å². The third-order valence-corrected chi connectivity index (χ3v) is 4.17. The van der Waals surface area contributed by atoms with Crippen molar-refractivity contribution in [1.29, 1.82) is 0 Å². The quantitative estimate of drug-likeness (QED) is 0.474. The molecule has 0 saturated heterocycles. The molecule has 0 bridgehead atoms. The van der Waals surface area contributed by atoms with Gasteiger partial charge in [0.1, 0.15) is 0 Å². The summed E-state index contributed by atoms with van der Waals surface area (Å²) < 4.78 is 1.12. The number of rotatable bonds is 0. The molecule has 1 fully saturated rings. The smallest absolute Gasteiger partial charge is 0.107 e. The van der Waals surface area contributed by atoms with Gasteiger partial charge in [0, 0.05) is 0 Å². The van der Waals surface area contributed by atoms with Gasteiger partial charge in [0.05, 0.1) is 0 Å². The first-order valence-electron chi connectivity index (χ1n) is 3.93. The fraction of sp³-hybridized carbons (Fsp3) is 1.00. The van der Waals surface area contributed by atoms with Crippen LogP contribution in [0.4, 0.5) is 0 Å². The van der Waals surface area contributed by atoms with Gasteiger partial charge in [-0.15, -0.1) is 24.0 Å². The largest absolute Gasteiger partial charge is 0.107 e. The molecule has 1 saturated carbocycles. The number of halogens is 1. The summed E-state index contributed by atoms with van der Waals surface area (Å²) in [5.41, 5.74) is 0.679. The van der Waals surface area contributed by atoms with Crippen LogP contribution in [0.1, 0.15) is 39.5 Å². The Hall–Kier alpha value is 1.35. The minimum absolute atomic E-state index is 0. The minimum Gasteiger partial charge on any atom is -0.107 e. The Morgan fingerprint density at radius 2 is 1.60 bits per heavy atom. The second-order valence-corrected chi connectivity index (χ2v) is 6.53. The van der Waals surface area contributed by atoms with E-state index in [1.807, 2.05) is 0 Å². The van der Waals surface area contributed by atoms with Crippen LogP contribution in [-0.4, -0.2) is 0 Å². The van der Waals surface area contributed by atoms with Gasteiger partial charge in [-0.25, -0.2) is 0 Å². The van der Waals surface area contributed by atoms with E-state index in [1.165, 1.54) is 44.0 Å². The van der Waals surface area contributed by atoms with E-state index in [9.17, 15) is 0 Å². The third kappa shape index (κ3) is 3.66. The van der Waals surface area contributed by atoms with Gasteiger partial charge in [-0.2, -0.15) is 0 Å². The summed E-state index contributed by atoms with van der Waals surface area (Å²) >= 11 is 1.52. The zero-order chi connectivity index (χ0) is 6.91. The summed E-state index contributed by atoms with van der Waals surface area (Å²) in [6.45, 7) is 4.80. The molecule has 0 unspecified atom stereocenters. The molecule has 2 heteroatoms. The summed E-state index contributed by atoms with van der Waals surface area (Å²) in [5.74, 6) is 0. The molecule has 0 spiro atoms. The van der Waals surface area contributed by atoms with Crippen molar-refractivity contribution in [3.63, 3.8) is 0 Å². The summed E-state index contributed by atoms with van der Waals surface area (Å²) in [6.07, 6.45) is 5.95. The van der Waals surface area contributed by atoms with Crippen LogP contribution in [0.25, 0.3) is 0 Å². The van der Waals surface area contributed by atoms with Crippen LogP contribution in [-0.2, 0) is 18.3 Å². The Bertz CT molecular complexity index is 91.4. The predicted octanol–water partition coefficient (Wildman–Crippen LogP) is 3.54. The van der Waals surface area contributed by atoms with Crippen molar-refractivity contribution in [2.24, 2.45) is 5.41 Å². The molecule has 0 nitrogen and oxygen atoms in total. The molecular weight excluding hydrogens is 288 g/mol. The normalized spacial score (nSPS) is 25.6. The summed E-state index contributed by atoms with van der Waals surface area (Å²) in [5, 5.41) is 0. The van der Waals surface area contributed by atoms with Gasteiger partial charge in [-0.3, -0.25) is 0 Å². The topological polar surface area (TPSA) is 0 Å². The second kappa shape index (κ2) is 4.40. The average Bonchev–Trinajstić information content (AvgIpc) is 1.78. The van der Waals surface area contributed by atoms with Crippen molar-refractivity contribution in [3.8, 4) is 0 Å². The molecule has 0 atom stereocenters.